The summed E-state index contributed by atoms with van der Waals surface area (Å²) in [5.74, 6) is 0. The van der Waals surface area contributed by atoms with E-state index in [9.17, 15) is 5.11 Å². The number of aliphatic hydroxyl groups excluding tert-OH is 1. The maximum atomic E-state index is 9.75. The summed E-state index contributed by atoms with van der Waals surface area (Å²) in [6, 6.07) is 6.54. The number of hydrogen-bond donors (Lipinski definition) is 2. The fourth-order valence-electron chi connectivity index (χ4n) is 2.65. The summed E-state index contributed by atoms with van der Waals surface area (Å²) in [5.41, 5.74) is 2.24. The zero-order chi connectivity index (χ0) is 13.8. The molecule has 19 heavy (non-hydrogen) atoms. The van der Waals surface area contributed by atoms with Crippen molar-refractivity contribution in [2.45, 2.75) is 38.8 Å². The third kappa shape index (κ3) is 3.62. The van der Waals surface area contributed by atoms with Gasteiger partial charge in [0, 0.05) is 19.1 Å². The average Bonchev–Trinajstić information content (AvgIpc) is 2.38. The molecule has 2 atom stereocenters. The van der Waals surface area contributed by atoms with Crippen molar-refractivity contribution >= 4 is 17.3 Å². The van der Waals surface area contributed by atoms with Crippen molar-refractivity contribution in [3.8, 4) is 0 Å². The molecule has 0 saturated carbocycles. The smallest absolute Gasteiger partial charge is 0.0715 e. The Labute approximate surface area is 120 Å². The SMILES string of the molecule is CCNC(C)c1ccc(N2CCCC(O)C2)c(Cl)c1. The lowest BCUT2D eigenvalue weighted by Gasteiger charge is -2.32. The lowest BCUT2D eigenvalue weighted by molar-refractivity contribution is 0.154. The first kappa shape index (κ1) is 14.6. The molecule has 1 heterocycles. The number of halogens is 1. The van der Waals surface area contributed by atoms with Crippen molar-refractivity contribution in [2.24, 2.45) is 0 Å². The van der Waals surface area contributed by atoms with E-state index in [1.807, 2.05) is 6.07 Å². The molecule has 2 rings (SSSR count). The number of benzene rings is 1. The lowest BCUT2D eigenvalue weighted by Crippen LogP contribution is -2.38. The molecule has 0 bridgehead atoms. The lowest BCUT2D eigenvalue weighted by atomic mass is 10.0. The molecule has 4 heteroatoms. The number of nitrogens with one attached hydrogen (secondary N) is 1. The Morgan fingerprint density at radius 1 is 1.53 bits per heavy atom. The molecule has 0 radical (unpaired) electrons. The van der Waals surface area contributed by atoms with Crippen LogP contribution < -0.4 is 10.2 Å². The first-order chi connectivity index (χ1) is 9.11. The standard InChI is InChI=1S/C15H23ClN2O/c1-3-17-11(2)12-6-7-15(14(16)9-12)18-8-4-5-13(19)10-18/h6-7,9,11,13,17,19H,3-5,8,10H2,1-2H3. The normalized spacial score (nSPS) is 21.5. The number of aliphatic hydroxyl groups is 1. The van der Waals surface area contributed by atoms with E-state index in [-0.39, 0.29) is 6.10 Å². The van der Waals surface area contributed by atoms with Gasteiger partial charge in [-0.1, -0.05) is 24.6 Å². The molecule has 1 aromatic rings. The second kappa shape index (κ2) is 6.60. The van der Waals surface area contributed by atoms with Crippen molar-refractivity contribution in [2.75, 3.05) is 24.5 Å². The molecule has 3 nitrogen and oxygen atoms in total. The highest BCUT2D eigenvalue weighted by atomic mass is 35.5. The zero-order valence-electron chi connectivity index (χ0n) is 11.7. The maximum absolute atomic E-state index is 9.75. The first-order valence-corrected chi connectivity index (χ1v) is 7.45. The van der Waals surface area contributed by atoms with E-state index in [0.717, 1.165) is 36.6 Å². The fraction of sp³-hybridized carbons (Fsp3) is 0.600. The van der Waals surface area contributed by atoms with Crippen molar-refractivity contribution in [1.82, 2.24) is 5.32 Å². The van der Waals surface area contributed by atoms with E-state index < -0.39 is 0 Å². The number of nitrogens with zero attached hydrogens (tertiary/aromatic N) is 1. The van der Waals surface area contributed by atoms with Gasteiger partial charge in [0.2, 0.25) is 0 Å². The Morgan fingerprint density at radius 2 is 2.32 bits per heavy atom. The summed E-state index contributed by atoms with van der Waals surface area (Å²) in [5, 5.41) is 13.9. The van der Waals surface area contributed by atoms with E-state index in [1.54, 1.807) is 0 Å². The second-order valence-electron chi connectivity index (χ2n) is 5.23. The third-order valence-corrected chi connectivity index (χ3v) is 4.02. The minimum atomic E-state index is -0.231. The van der Waals surface area contributed by atoms with Crippen LogP contribution in [0.3, 0.4) is 0 Å². The molecule has 1 aliphatic heterocycles. The van der Waals surface area contributed by atoms with Gasteiger partial charge in [-0.3, -0.25) is 0 Å². The Balaban J connectivity index is 2.14. The van der Waals surface area contributed by atoms with Gasteiger partial charge in [-0.15, -0.1) is 0 Å². The van der Waals surface area contributed by atoms with Crippen LogP contribution in [0.4, 0.5) is 5.69 Å². The summed E-state index contributed by atoms with van der Waals surface area (Å²) in [6.07, 6.45) is 1.68. The Hall–Kier alpha value is -0.770. The van der Waals surface area contributed by atoms with Gasteiger partial charge in [0.1, 0.15) is 0 Å². The highest BCUT2D eigenvalue weighted by Crippen LogP contribution is 2.30. The molecule has 1 fully saturated rings. The van der Waals surface area contributed by atoms with Gasteiger partial charge in [0.05, 0.1) is 16.8 Å². The third-order valence-electron chi connectivity index (χ3n) is 3.72. The minimum absolute atomic E-state index is 0.231. The van der Waals surface area contributed by atoms with Crippen molar-refractivity contribution in [1.29, 1.82) is 0 Å². The molecule has 1 saturated heterocycles. The van der Waals surface area contributed by atoms with Crippen LogP contribution >= 0.6 is 11.6 Å². The van der Waals surface area contributed by atoms with Gasteiger partial charge >= 0.3 is 0 Å². The average molecular weight is 283 g/mol. The van der Waals surface area contributed by atoms with Crippen LogP contribution in [0.25, 0.3) is 0 Å². The molecule has 0 amide bonds. The molecule has 1 aliphatic rings. The summed E-state index contributed by atoms with van der Waals surface area (Å²) in [4.78, 5) is 2.18. The Morgan fingerprint density at radius 3 is 2.95 bits per heavy atom. The van der Waals surface area contributed by atoms with Crippen LogP contribution in [0.15, 0.2) is 18.2 Å². The van der Waals surface area contributed by atoms with Crippen LogP contribution in [-0.2, 0) is 0 Å². The van der Waals surface area contributed by atoms with E-state index in [2.05, 4.69) is 36.2 Å². The summed E-state index contributed by atoms with van der Waals surface area (Å²) >= 11 is 6.40. The molecule has 2 unspecified atom stereocenters. The van der Waals surface area contributed by atoms with E-state index in [4.69, 9.17) is 11.6 Å². The Bertz CT molecular complexity index is 425. The summed E-state index contributed by atoms with van der Waals surface area (Å²) < 4.78 is 0. The topological polar surface area (TPSA) is 35.5 Å². The van der Waals surface area contributed by atoms with Crippen LogP contribution in [0.2, 0.25) is 5.02 Å². The number of piperidine rings is 1. The van der Waals surface area contributed by atoms with Crippen LogP contribution in [0.1, 0.15) is 38.3 Å². The predicted molar refractivity (Wildman–Crippen MR) is 81.0 cm³/mol. The quantitative estimate of drug-likeness (QED) is 0.891. The predicted octanol–water partition coefficient (Wildman–Crippen LogP) is 2.97. The van der Waals surface area contributed by atoms with Gasteiger partial charge in [0.15, 0.2) is 0 Å². The highest BCUT2D eigenvalue weighted by Gasteiger charge is 2.20. The molecular formula is C15H23ClN2O. The van der Waals surface area contributed by atoms with Crippen molar-refractivity contribution in [3.05, 3.63) is 28.8 Å². The van der Waals surface area contributed by atoms with Gasteiger partial charge in [-0.25, -0.2) is 0 Å². The zero-order valence-corrected chi connectivity index (χ0v) is 12.5. The van der Waals surface area contributed by atoms with Gasteiger partial charge in [-0.2, -0.15) is 0 Å². The van der Waals surface area contributed by atoms with Gasteiger partial charge < -0.3 is 15.3 Å². The second-order valence-corrected chi connectivity index (χ2v) is 5.64. The molecule has 1 aromatic carbocycles. The summed E-state index contributed by atoms with van der Waals surface area (Å²) in [7, 11) is 0. The van der Waals surface area contributed by atoms with E-state index in [0.29, 0.717) is 12.6 Å². The number of anilines is 1. The Kier molecular flexibility index (Phi) is 5.08. The van der Waals surface area contributed by atoms with E-state index >= 15 is 0 Å². The largest absolute Gasteiger partial charge is 0.391 e. The molecule has 0 spiro atoms. The van der Waals surface area contributed by atoms with Gasteiger partial charge in [-0.05, 0) is 44.0 Å². The molecule has 106 valence electrons. The molecule has 0 aliphatic carbocycles. The fourth-order valence-corrected chi connectivity index (χ4v) is 2.96. The first-order valence-electron chi connectivity index (χ1n) is 7.07. The van der Waals surface area contributed by atoms with Crippen molar-refractivity contribution in [3.63, 3.8) is 0 Å². The highest BCUT2D eigenvalue weighted by molar-refractivity contribution is 6.33. The van der Waals surface area contributed by atoms with Gasteiger partial charge in [0.25, 0.3) is 0 Å². The number of β-amino-alcohol motifs (C(OH)–C–C–N with tert-alkyl or cyclic N) is 1. The van der Waals surface area contributed by atoms with Crippen LogP contribution in [0.5, 0.6) is 0 Å². The van der Waals surface area contributed by atoms with Crippen LogP contribution in [-0.4, -0.2) is 30.8 Å². The molecule has 2 N–H and O–H groups in total. The molecule has 0 aromatic heterocycles. The van der Waals surface area contributed by atoms with E-state index in [1.165, 1.54) is 5.56 Å². The number of hydrogen-bond acceptors (Lipinski definition) is 3. The van der Waals surface area contributed by atoms with Crippen LogP contribution in [0, 0.1) is 0 Å². The molecular weight excluding hydrogens is 260 g/mol. The minimum Gasteiger partial charge on any atom is -0.391 e. The maximum Gasteiger partial charge on any atom is 0.0715 e. The monoisotopic (exact) mass is 282 g/mol. The summed E-state index contributed by atoms with van der Waals surface area (Å²) in [6.45, 7) is 6.83. The number of rotatable bonds is 4. The van der Waals surface area contributed by atoms with Crippen molar-refractivity contribution < 1.29 is 5.11 Å².